The number of benzene rings is 1. The van der Waals surface area contributed by atoms with E-state index in [2.05, 4.69) is 4.98 Å². The first-order valence-electron chi connectivity index (χ1n) is 5.16. The smallest absolute Gasteiger partial charge is 0.449 e. The minimum absolute atomic E-state index is 0. The fourth-order valence-corrected chi connectivity index (χ4v) is 1.84. The zero-order chi connectivity index (χ0) is 11.8. The first kappa shape index (κ1) is 15.2. The average molecular weight is 266 g/mol. The topological polar surface area (TPSA) is 17.8 Å². The van der Waals surface area contributed by atoms with Crippen molar-refractivity contribution < 1.29 is 64.3 Å². The molecule has 0 aliphatic carbocycles. The molecule has 0 atom stereocenters. The number of rotatable bonds is 3. The van der Waals surface area contributed by atoms with E-state index in [-0.39, 0.29) is 57.2 Å². The molecule has 0 saturated heterocycles. The third-order valence-corrected chi connectivity index (χ3v) is 2.46. The number of aromatic nitrogens is 2. The second kappa shape index (κ2) is 5.88. The molecular weight excluding hydrogens is 255 g/mol. The van der Waals surface area contributed by atoms with Crippen LogP contribution in [0.1, 0.15) is 12.7 Å². The molecule has 2 nitrogen and oxygen atoms in total. The van der Waals surface area contributed by atoms with Crippen LogP contribution in [-0.2, 0) is 12.9 Å². The summed E-state index contributed by atoms with van der Waals surface area (Å²) in [5.41, 5.74) is 1.39. The van der Waals surface area contributed by atoms with Gasteiger partial charge in [0.05, 0.1) is 16.9 Å². The second-order valence-corrected chi connectivity index (χ2v) is 3.68. The maximum Gasteiger partial charge on any atom is 1.00 e. The second-order valence-electron chi connectivity index (χ2n) is 3.68. The molecule has 7 heteroatoms. The Kier molecular flexibility index (Phi) is 5.27. The number of para-hydroxylation sites is 2. The van der Waals surface area contributed by atoms with Gasteiger partial charge in [-0.05, 0) is 25.4 Å². The summed E-state index contributed by atoms with van der Waals surface area (Å²) in [5.74, 6) is 0.108. The molecule has 1 heterocycles. The minimum Gasteiger partial charge on any atom is -0.449 e. The van der Waals surface area contributed by atoms with Crippen molar-refractivity contribution in [2.75, 3.05) is 0 Å². The predicted molar refractivity (Wildman–Crippen MR) is 58.2 cm³/mol. The van der Waals surface area contributed by atoms with Crippen molar-refractivity contribution in [3.8, 4) is 0 Å². The van der Waals surface area contributed by atoms with E-state index in [1.54, 1.807) is 28.8 Å². The Balaban J connectivity index is 0.00000144. The molecule has 0 bridgehead atoms. The monoisotopic (exact) mass is 266 g/mol. The van der Waals surface area contributed by atoms with Crippen LogP contribution in [0, 0.1) is 0 Å². The van der Waals surface area contributed by atoms with Crippen LogP contribution < -0.4 is 51.4 Å². The Hall–Kier alpha value is 0.181. The van der Waals surface area contributed by atoms with Gasteiger partial charge in [-0.3, -0.25) is 0 Å². The number of nitrogens with zero attached hydrogens (tertiary/aromatic N) is 2. The maximum absolute atomic E-state index is 12.4. The summed E-state index contributed by atoms with van der Waals surface area (Å²) in [6.45, 7) is -2.51. The van der Waals surface area contributed by atoms with E-state index in [1.165, 1.54) is 0 Å². The van der Waals surface area contributed by atoms with Gasteiger partial charge >= 0.3 is 58.4 Å². The molecule has 0 spiro atoms. The van der Waals surface area contributed by atoms with Gasteiger partial charge in [0.1, 0.15) is 0 Å². The van der Waals surface area contributed by atoms with Gasteiger partial charge < -0.3 is 17.5 Å². The molecule has 0 saturated carbocycles. The van der Waals surface area contributed by atoms with Gasteiger partial charge in [0.25, 0.3) is 0 Å². The average Bonchev–Trinajstić information content (AvgIpc) is 2.51. The molecular formula is C10H11BF3KN2. The number of hydrogen-bond donors (Lipinski definition) is 0. The number of hydrogen-bond acceptors (Lipinski definition) is 1. The Bertz CT molecular complexity index is 510. The quantitative estimate of drug-likeness (QED) is 0.714. The summed E-state index contributed by atoms with van der Waals surface area (Å²) < 4.78 is 38.8. The molecule has 2 aromatic rings. The van der Waals surface area contributed by atoms with Crippen LogP contribution in [0.25, 0.3) is 11.0 Å². The molecule has 17 heavy (non-hydrogen) atoms. The van der Waals surface area contributed by atoms with E-state index < -0.39 is 13.3 Å². The van der Waals surface area contributed by atoms with Crippen LogP contribution in [0.3, 0.4) is 0 Å². The van der Waals surface area contributed by atoms with E-state index in [4.69, 9.17) is 0 Å². The van der Waals surface area contributed by atoms with Gasteiger partial charge in [-0.15, -0.1) is 0 Å². The van der Waals surface area contributed by atoms with Crippen molar-refractivity contribution in [3.63, 3.8) is 0 Å². The van der Waals surface area contributed by atoms with Gasteiger partial charge in [-0.25, -0.2) is 4.98 Å². The van der Waals surface area contributed by atoms with Crippen LogP contribution in [0.4, 0.5) is 12.9 Å². The molecule has 0 amide bonds. The summed E-state index contributed by atoms with van der Waals surface area (Å²) in [5, 5.41) is 0. The van der Waals surface area contributed by atoms with E-state index in [1.807, 2.05) is 6.92 Å². The molecule has 0 unspecified atom stereocenters. The minimum atomic E-state index is -4.83. The normalized spacial score (nSPS) is 11.5. The van der Waals surface area contributed by atoms with Gasteiger partial charge in [-0.1, -0.05) is 12.1 Å². The zero-order valence-electron chi connectivity index (χ0n) is 9.83. The molecule has 0 aliphatic rings. The van der Waals surface area contributed by atoms with Crippen molar-refractivity contribution >= 4 is 18.0 Å². The molecule has 86 valence electrons. The Morgan fingerprint density at radius 2 is 1.88 bits per heavy atom. The summed E-state index contributed by atoms with van der Waals surface area (Å²) in [7, 11) is 0. The number of imidazole rings is 1. The van der Waals surface area contributed by atoms with Crippen LogP contribution >= 0.6 is 0 Å². The SMILES string of the molecule is CCn1c(C[B-](F)(F)F)nc2ccccc21.[K+]. The van der Waals surface area contributed by atoms with Crippen molar-refractivity contribution in [3.05, 3.63) is 30.1 Å². The van der Waals surface area contributed by atoms with Crippen LogP contribution in [0.15, 0.2) is 24.3 Å². The molecule has 0 aliphatic heterocycles. The third-order valence-electron chi connectivity index (χ3n) is 2.46. The number of aryl methyl sites for hydroxylation is 1. The predicted octanol–water partition coefficient (Wildman–Crippen LogP) is -0.0107. The van der Waals surface area contributed by atoms with Crippen molar-refractivity contribution in [2.24, 2.45) is 0 Å². The Morgan fingerprint density at radius 1 is 1.24 bits per heavy atom. The van der Waals surface area contributed by atoms with Crippen LogP contribution in [0.5, 0.6) is 0 Å². The van der Waals surface area contributed by atoms with E-state index in [0.29, 0.717) is 12.1 Å². The molecule has 0 N–H and O–H groups in total. The van der Waals surface area contributed by atoms with E-state index in [0.717, 1.165) is 5.52 Å². The third kappa shape index (κ3) is 3.57. The molecule has 2 rings (SSSR count). The van der Waals surface area contributed by atoms with Crippen LogP contribution in [-0.4, -0.2) is 16.5 Å². The Labute approximate surface area is 140 Å². The summed E-state index contributed by atoms with van der Waals surface area (Å²) >= 11 is 0. The maximum atomic E-state index is 12.4. The number of fused-ring (bicyclic) bond motifs is 1. The summed E-state index contributed by atoms with van der Waals surface area (Å²) in [4.78, 5) is 4.03. The largest absolute Gasteiger partial charge is 1.00 e. The first-order valence-corrected chi connectivity index (χ1v) is 5.16. The van der Waals surface area contributed by atoms with Gasteiger partial charge in [0.2, 0.25) is 0 Å². The molecule has 1 aromatic carbocycles. The standard InChI is InChI=1S/C10H11BF3N2.K/c1-2-16-9-6-4-3-5-8(9)15-10(16)7-11(12,13)14;/h3-6H,2,7H2,1H3;/q-1;+1. The number of halogens is 3. The fourth-order valence-electron chi connectivity index (χ4n) is 1.84. The van der Waals surface area contributed by atoms with Crippen molar-refractivity contribution in [1.29, 1.82) is 0 Å². The first-order chi connectivity index (χ1) is 7.51. The van der Waals surface area contributed by atoms with Gasteiger partial charge in [-0.2, -0.15) is 0 Å². The molecule has 0 radical (unpaired) electrons. The summed E-state index contributed by atoms with van der Waals surface area (Å²) in [6, 6.07) is 7.10. The zero-order valence-corrected chi connectivity index (χ0v) is 13.0. The van der Waals surface area contributed by atoms with Gasteiger partial charge in [0.15, 0.2) is 0 Å². The Morgan fingerprint density at radius 3 is 2.47 bits per heavy atom. The molecule has 1 aromatic heterocycles. The van der Waals surface area contributed by atoms with Crippen molar-refractivity contribution in [2.45, 2.75) is 19.8 Å². The van der Waals surface area contributed by atoms with Crippen molar-refractivity contribution in [1.82, 2.24) is 9.55 Å². The van der Waals surface area contributed by atoms with E-state index in [9.17, 15) is 12.9 Å². The molecule has 0 fully saturated rings. The fraction of sp³-hybridized carbons (Fsp3) is 0.300. The van der Waals surface area contributed by atoms with Crippen LogP contribution in [0.2, 0.25) is 0 Å². The van der Waals surface area contributed by atoms with Gasteiger partial charge in [0, 0.05) is 6.54 Å². The summed E-state index contributed by atoms with van der Waals surface area (Å²) in [6.07, 6.45) is -0.914. The van der Waals surface area contributed by atoms with E-state index >= 15 is 0 Å².